The molecule has 166 valence electrons. The summed E-state index contributed by atoms with van der Waals surface area (Å²) in [5, 5.41) is 11.3. The Morgan fingerprint density at radius 1 is 0.818 bits per heavy atom. The lowest BCUT2D eigenvalue weighted by Crippen LogP contribution is -2.12. The van der Waals surface area contributed by atoms with Gasteiger partial charge in [0.2, 0.25) is 5.88 Å². The lowest BCUT2D eigenvalue weighted by atomic mass is 10.1. The van der Waals surface area contributed by atoms with E-state index in [9.17, 15) is 4.79 Å². The van der Waals surface area contributed by atoms with E-state index >= 15 is 0 Å². The molecule has 0 spiro atoms. The molecule has 0 aliphatic rings. The second kappa shape index (κ2) is 10.3. The second-order valence-corrected chi connectivity index (χ2v) is 6.97. The lowest BCUT2D eigenvalue weighted by molar-refractivity contribution is 0.102. The van der Waals surface area contributed by atoms with Crippen molar-refractivity contribution in [3.63, 3.8) is 0 Å². The Morgan fingerprint density at radius 3 is 2.18 bits per heavy atom. The minimum atomic E-state index is -0.222. The summed E-state index contributed by atoms with van der Waals surface area (Å²) in [4.78, 5) is 12.7. The third-order valence-electron chi connectivity index (χ3n) is 4.80. The van der Waals surface area contributed by atoms with Gasteiger partial charge in [-0.15, -0.1) is 10.2 Å². The summed E-state index contributed by atoms with van der Waals surface area (Å²) in [6.07, 6.45) is 0. The van der Waals surface area contributed by atoms with Gasteiger partial charge in [0.15, 0.2) is 11.5 Å². The minimum Gasteiger partial charge on any atom is -0.493 e. The first-order chi connectivity index (χ1) is 16.2. The van der Waals surface area contributed by atoms with Crippen molar-refractivity contribution in [2.45, 2.75) is 6.92 Å². The Morgan fingerprint density at radius 2 is 1.52 bits per heavy atom. The third-order valence-corrected chi connectivity index (χ3v) is 4.80. The zero-order valence-electron chi connectivity index (χ0n) is 18.3. The maximum Gasteiger partial charge on any atom is 0.255 e. The Labute approximate surface area is 192 Å². The Hall–Kier alpha value is -4.39. The van der Waals surface area contributed by atoms with Crippen LogP contribution in [0.5, 0.6) is 23.1 Å². The molecule has 1 amide bonds. The van der Waals surface area contributed by atoms with E-state index in [0.717, 1.165) is 5.56 Å². The summed E-state index contributed by atoms with van der Waals surface area (Å²) in [5.74, 6) is 1.94. The minimum absolute atomic E-state index is 0.222. The van der Waals surface area contributed by atoms with Crippen molar-refractivity contribution in [1.82, 2.24) is 10.2 Å². The highest BCUT2D eigenvalue weighted by Gasteiger charge is 2.11. The zero-order valence-corrected chi connectivity index (χ0v) is 18.3. The molecule has 0 saturated heterocycles. The Balaban J connectivity index is 1.44. The molecule has 0 aliphatic carbocycles. The number of methoxy groups -OCH3 is 1. The van der Waals surface area contributed by atoms with Gasteiger partial charge in [0, 0.05) is 17.2 Å². The largest absolute Gasteiger partial charge is 0.493 e. The molecule has 0 unspecified atom stereocenters. The number of anilines is 1. The number of aromatic nitrogens is 2. The predicted octanol–water partition coefficient (Wildman–Crippen LogP) is 5.60. The second-order valence-electron chi connectivity index (χ2n) is 6.97. The molecule has 4 rings (SSSR count). The molecule has 1 N–H and O–H groups in total. The molecule has 33 heavy (non-hydrogen) atoms. The summed E-state index contributed by atoms with van der Waals surface area (Å²) < 4.78 is 16.6. The number of ether oxygens (including phenoxy) is 3. The molecule has 7 nitrogen and oxygen atoms in total. The van der Waals surface area contributed by atoms with Gasteiger partial charge in [-0.2, -0.15) is 0 Å². The average Bonchev–Trinajstić information content (AvgIpc) is 2.86. The average molecular weight is 441 g/mol. The van der Waals surface area contributed by atoms with E-state index in [1.165, 1.54) is 0 Å². The summed E-state index contributed by atoms with van der Waals surface area (Å²) in [6, 6.07) is 25.4. The van der Waals surface area contributed by atoms with Crippen LogP contribution in [0.3, 0.4) is 0 Å². The summed E-state index contributed by atoms with van der Waals surface area (Å²) in [7, 11) is 1.58. The molecular weight excluding hydrogens is 418 g/mol. The van der Waals surface area contributed by atoms with E-state index < -0.39 is 0 Å². The highest BCUT2D eigenvalue weighted by molar-refractivity contribution is 6.05. The van der Waals surface area contributed by atoms with Crippen molar-refractivity contribution in [3.8, 4) is 34.4 Å². The first-order valence-corrected chi connectivity index (χ1v) is 10.5. The van der Waals surface area contributed by atoms with Crippen LogP contribution in [0.4, 0.5) is 5.69 Å². The van der Waals surface area contributed by atoms with Gasteiger partial charge in [0.25, 0.3) is 5.91 Å². The molecule has 0 bridgehead atoms. The molecule has 0 atom stereocenters. The zero-order chi connectivity index (χ0) is 23.0. The number of nitrogens with zero attached hydrogens (tertiary/aromatic N) is 2. The molecule has 0 aliphatic heterocycles. The molecule has 4 aromatic rings. The van der Waals surface area contributed by atoms with Crippen molar-refractivity contribution >= 4 is 11.6 Å². The highest BCUT2D eigenvalue weighted by atomic mass is 16.5. The molecule has 0 fully saturated rings. The molecule has 7 heteroatoms. The van der Waals surface area contributed by atoms with Crippen LogP contribution in [-0.2, 0) is 0 Å². The van der Waals surface area contributed by atoms with Gasteiger partial charge in [-0.1, -0.05) is 36.4 Å². The van der Waals surface area contributed by atoms with Crippen LogP contribution >= 0.6 is 0 Å². The fourth-order valence-electron chi connectivity index (χ4n) is 3.18. The molecule has 3 aromatic carbocycles. The number of hydrogen-bond acceptors (Lipinski definition) is 6. The van der Waals surface area contributed by atoms with Gasteiger partial charge in [-0.05, 0) is 49.4 Å². The van der Waals surface area contributed by atoms with Gasteiger partial charge in [-0.25, -0.2) is 0 Å². The smallest absolute Gasteiger partial charge is 0.255 e. The van der Waals surface area contributed by atoms with Crippen LogP contribution in [0.15, 0.2) is 84.9 Å². The fraction of sp³-hybridized carbons (Fsp3) is 0.115. The van der Waals surface area contributed by atoms with E-state index in [4.69, 9.17) is 14.2 Å². The number of carbonyl (C=O) groups is 1. The SMILES string of the molecule is CCOc1ccccc1NC(=O)c1ccc(-c2ccc(Oc3ccccc3OC)nn2)cc1. The van der Waals surface area contributed by atoms with Crippen LogP contribution in [-0.4, -0.2) is 29.8 Å². The van der Waals surface area contributed by atoms with E-state index in [2.05, 4.69) is 15.5 Å². The van der Waals surface area contributed by atoms with Gasteiger partial charge in [0.1, 0.15) is 5.75 Å². The molecule has 1 aromatic heterocycles. The number of carbonyl (C=O) groups excluding carboxylic acids is 1. The normalized spacial score (nSPS) is 10.4. The van der Waals surface area contributed by atoms with Crippen LogP contribution in [0.1, 0.15) is 17.3 Å². The van der Waals surface area contributed by atoms with Gasteiger partial charge in [0.05, 0.1) is 25.1 Å². The van der Waals surface area contributed by atoms with Crippen molar-refractivity contribution in [2.24, 2.45) is 0 Å². The van der Waals surface area contributed by atoms with Crippen LogP contribution in [0.2, 0.25) is 0 Å². The van der Waals surface area contributed by atoms with Crippen molar-refractivity contribution in [2.75, 3.05) is 19.0 Å². The molecule has 1 heterocycles. The van der Waals surface area contributed by atoms with Crippen LogP contribution in [0, 0.1) is 0 Å². The van der Waals surface area contributed by atoms with Crippen molar-refractivity contribution in [1.29, 1.82) is 0 Å². The quantitative estimate of drug-likeness (QED) is 0.383. The van der Waals surface area contributed by atoms with E-state index in [1.54, 1.807) is 31.4 Å². The number of benzene rings is 3. The number of hydrogen-bond donors (Lipinski definition) is 1. The van der Waals surface area contributed by atoms with Gasteiger partial charge < -0.3 is 19.5 Å². The van der Waals surface area contributed by atoms with Crippen molar-refractivity contribution < 1.29 is 19.0 Å². The monoisotopic (exact) mass is 441 g/mol. The predicted molar refractivity (Wildman–Crippen MR) is 126 cm³/mol. The first kappa shape index (κ1) is 21.8. The summed E-state index contributed by atoms with van der Waals surface area (Å²) in [6.45, 7) is 2.42. The van der Waals surface area contributed by atoms with E-state index in [-0.39, 0.29) is 5.91 Å². The van der Waals surface area contributed by atoms with E-state index in [1.807, 2.05) is 67.6 Å². The molecule has 0 saturated carbocycles. The maximum absolute atomic E-state index is 12.7. The standard InChI is InChI=1S/C26H23N3O4/c1-3-32-22-9-5-4-8-21(22)27-26(30)19-14-12-18(13-15-19)20-16-17-25(29-28-20)33-24-11-7-6-10-23(24)31-2/h4-17H,3H2,1-2H3,(H,27,30). The van der Waals surface area contributed by atoms with Gasteiger partial charge >= 0.3 is 0 Å². The topological polar surface area (TPSA) is 82.6 Å². The Kier molecular flexibility index (Phi) is 6.80. The first-order valence-electron chi connectivity index (χ1n) is 10.5. The molecular formula is C26H23N3O4. The summed E-state index contributed by atoms with van der Waals surface area (Å²) >= 11 is 0. The van der Waals surface area contributed by atoms with E-state index in [0.29, 0.717) is 46.7 Å². The number of amides is 1. The number of nitrogens with one attached hydrogen (secondary N) is 1. The van der Waals surface area contributed by atoms with Gasteiger partial charge in [-0.3, -0.25) is 4.79 Å². The van der Waals surface area contributed by atoms with Crippen LogP contribution in [0.25, 0.3) is 11.3 Å². The fourth-order valence-corrected chi connectivity index (χ4v) is 3.18. The maximum atomic E-state index is 12.7. The van der Waals surface area contributed by atoms with Crippen molar-refractivity contribution in [3.05, 3.63) is 90.5 Å². The molecule has 0 radical (unpaired) electrons. The number of rotatable bonds is 8. The number of para-hydroxylation sites is 4. The lowest BCUT2D eigenvalue weighted by Gasteiger charge is -2.11. The summed E-state index contributed by atoms with van der Waals surface area (Å²) in [5.41, 5.74) is 2.65. The Bertz CT molecular complexity index is 1230. The highest BCUT2D eigenvalue weighted by Crippen LogP contribution is 2.30. The van der Waals surface area contributed by atoms with Crippen LogP contribution < -0.4 is 19.5 Å². The third kappa shape index (κ3) is 5.27.